The van der Waals surface area contributed by atoms with Crippen molar-refractivity contribution in [2.24, 2.45) is 0 Å². The van der Waals surface area contributed by atoms with Gasteiger partial charge in [-0.1, -0.05) is 56.5 Å². The molecule has 1 atom stereocenters. The van der Waals surface area contributed by atoms with Crippen molar-refractivity contribution in [3.8, 4) is 0 Å². The Kier molecular flexibility index (Phi) is 3.72. The smallest absolute Gasteiger partial charge is 0.324 e. The number of aliphatic carboxylic acids is 1. The van der Waals surface area contributed by atoms with Crippen LogP contribution < -0.4 is 0 Å². The molecule has 0 saturated carbocycles. The van der Waals surface area contributed by atoms with E-state index < -0.39 is 28.5 Å². The number of carboxylic acid groups (broad SMARTS) is 1. The van der Waals surface area contributed by atoms with Gasteiger partial charge in [-0.3, -0.25) is 4.79 Å². The molecule has 1 saturated heterocycles. The standard InChI is InChI=1S/C14H23NO2Si2/c1-18(2)10-11-19(3,4)15(18)13(14(16)17)12-8-6-5-7-9-12/h5-9,13H,10-11H2,1-4H3,(H,16,17). The monoisotopic (exact) mass is 293 g/mol. The molecule has 1 unspecified atom stereocenters. The van der Waals surface area contributed by atoms with Crippen molar-refractivity contribution in [2.45, 2.75) is 44.3 Å². The lowest BCUT2D eigenvalue weighted by molar-refractivity contribution is -0.140. The van der Waals surface area contributed by atoms with Crippen LogP contribution in [-0.2, 0) is 4.79 Å². The number of nitrogens with zero attached hydrogens (tertiary/aromatic N) is 1. The van der Waals surface area contributed by atoms with E-state index in [1.54, 1.807) is 0 Å². The Morgan fingerprint density at radius 1 is 1.11 bits per heavy atom. The maximum atomic E-state index is 11.9. The molecule has 0 radical (unpaired) electrons. The maximum Gasteiger partial charge on any atom is 0.324 e. The molecule has 0 spiro atoms. The first-order valence-electron chi connectivity index (χ1n) is 6.83. The van der Waals surface area contributed by atoms with Crippen LogP contribution in [0.4, 0.5) is 0 Å². The number of hydrogen-bond acceptors (Lipinski definition) is 2. The summed E-state index contributed by atoms with van der Waals surface area (Å²) >= 11 is 0. The second-order valence-corrected chi connectivity index (χ2v) is 16.3. The van der Waals surface area contributed by atoms with Crippen LogP contribution in [0.5, 0.6) is 0 Å². The van der Waals surface area contributed by atoms with E-state index in [0.29, 0.717) is 0 Å². The molecule has 0 aromatic heterocycles. The summed E-state index contributed by atoms with van der Waals surface area (Å²) in [5, 5.41) is 9.75. The molecule has 1 aromatic carbocycles. The predicted molar refractivity (Wildman–Crippen MR) is 83.2 cm³/mol. The molecular formula is C14H23NO2Si2. The normalized spacial score (nSPS) is 23.2. The zero-order valence-corrected chi connectivity index (χ0v) is 14.2. The number of carboxylic acids is 1. The second-order valence-electron chi connectivity index (χ2n) is 6.65. The van der Waals surface area contributed by atoms with Crippen LogP contribution in [0.1, 0.15) is 11.6 Å². The van der Waals surface area contributed by atoms with E-state index in [1.165, 1.54) is 12.1 Å². The SMILES string of the molecule is C[Si]1(C)CC[Si](C)(C)N1C(C(=O)O)c1ccccc1. The van der Waals surface area contributed by atoms with Gasteiger partial charge in [0.1, 0.15) is 22.5 Å². The fourth-order valence-electron chi connectivity index (χ4n) is 3.41. The average molecular weight is 294 g/mol. The quantitative estimate of drug-likeness (QED) is 0.867. The van der Waals surface area contributed by atoms with Gasteiger partial charge in [0.15, 0.2) is 0 Å². The summed E-state index contributed by atoms with van der Waals surface area (Å²) in [5.41, 5.74) is 0.929. The van der Waals surface area contributed by atoms with E-state index in [2.05, 4.69) is 30.4 Å². The summed E-state index contributed by atoms with van der Waals surface area (Å²) in [6.07, 6.45) is 0. The maximum absolute atomic E-state index is 11.9. The van der Waals surface area contributed by atoms with Crippen molar-refractivity contribution < 1.29 is 9.90 Å². The Morgan fingerprint density at radius 2 is 1.58 bits per heavy atom. The molecule has 1 N–H and O–H groups in total. The molecule has 1 aromatic rings. The van der Waals surface area contributed by atoms with Gasteiger partial charge >= 0.3 is 5.97 Å². The van der Waals surface area contributed by atoms with Crippen molar-refractivity contribution in [2.75, 3.05) is 0 Å². The van der Waals surface area contributed by atoms with Crippen LogP contribution in [0.25, 0.3) is 0 Å². The van der Waals surface area contributed by atoms with Crippen molar-refractivity contribution in [1.82, 2.24) is 4.23 Å². The van der Waals surface area contributed by atoms with Gasteiger partial charge in [0.05, 0.1) is 0 Å². The van der Waals surface area contributed by atoms with Crippen LogP contribution in [0.2, 0.25) is 38.3 Å². The van der Waals surface area contributed by atoms with E-state index in [0.717, 1.165) is 5.56 Å². The second kappa shape index (κ2) is 4.88. The minimum atomic E-state index is -1.60. The van der Waals surface area contributed by atoms with E-state index >= 15 is 0 Å². The number of rotatable bonds is 3. The first-order chi connectivity index (χ1) is 8.76. The van der Waals surface area contributed by atoms with Crippen LogP contribution in [0, 0.1) is 0 Å². The van der Waals surface area contributed by atoms with Gasteiger partial charge in [-0.05, 0) is 17.7 Å². The first-order valence-corrected chi connectivity index (χ1v) is 13.1. The Morgan fingerprint density at radius 3 is 2.00 bits per heavy atom. The Bertz CT molecular complexity index is 458. The van der Waals surface area contributed by atoms with Gasteiger partial charge in [-0.2, -0.15) is 0 Å². The Labute approximate surface area is 117 Å². The van der Waals surface area contributed by atoms with Crippen LogP contribution in [-0.4, -0.2) is 31.8 Å². The lowest BCUT2D eigenvalue weighted by Gasteiger charge is -2.43. The summed E-state index contributed by atoms with van der Waals surface area (Å²) in [6, 6.07) is 11.7. The van der Waals surface area contributed by atoms with E-state index in [1.807, 2.05) is 30.3 Å². The third kappa shape index (κ3) is 2.68. The topological polar surface area (TPSA) is 40.5 Å². The minimum Gasteiger partial charge on any atom is -0.480 e. The molecule has 1 heterocycles. The largest absolute Gasteiger partial charge is 0.480 e. The van der Waals surface area contributed by atoms with Crippen LogP contribution >= 0.6 is 0 Å². The van der Waals surface area contributed by atoms with Crippen LogP contribution in [0.3, 0.4) is 0 Å². The molecule has 1 aliphatic heterocycles. The fraction of sp³-hybridized carbons (Fsp3) is 0.500. The van der Waals surface area contributed by atoms with Crippen molar-refractivity contribution >= 4 is 22.4 Å². The lowest BCUT2D eigenvalue weighted by Crippen LogP contribution is -2.58. The molecule has 1 aliphatic rings. The molecule has 104 valence electrons. The third-order valence-corrected chi connectivity index (χ3v) is 14.5. The van der Waals surface area contributed by atoms with Gasteiger partial charge in [0.25, 0.3) is 0 Å². The zero-order valence-electron chi connectivity index (χ0n) is 12.2. The lowest BCUT2D eigenvalue weighted by atomic mass is 10.1. The van der Waals surface area contributed by atoms with Crippen LogP contribution in [0.15, 0.2) is 30.3 Å². The van der Waals surface area contributed by atoms with E-state index in [9.17, 15) is 9.90 Å². The molecule has 0 bridgehead atoms. The fourth-order valence-corrected chi connectivity index (χ4v) is 17.9. The molecule has 0 aliphatic carbocycles. The van der Waals surface area contributed by atoms with Crippen molar-refractivity contribution in [3.05, 3.63) is 35.9 Å². The Balaban J connectivity index is 2.48. The first kappa shape index (κ1) is 14.5. The molecular weight excluding hydrogens is 270 g/mol. The highest BCUT2D eigenvalue weighted by molar-refractivity contribution is 6.95. The summed E-state index contributed by atoms with van der Waals surface area (Å²) in [5.74, 6) is -0.700. The summed E-state index contributed by atoms with van der Waals surface area (Å²) in [6.45, 7) is 9.25. The third-order valence-electron chi connectivity index (χ3n) is 4.26. The highest BCUT2D eigenvalue weighted by Crippen LogP contribution is 2.43. The van der Waals surface area contributed by atoms with Gasteiger partial charge in [0, 0.05) is 0 Å². The number of benzene rings is 1. The van der Waals surface area contributed by atoms with Crippen molar-refractivity contribution in [3.63, 3.8) is 0 Å². The Hall–Kier alpha value is -0.916. The summed E-state index contributed by atoms with van der Waals surface area (Å²) in [7, 11) is -3.20. The van der Waals surface area contributed by atoms with Gasteiger partial charge in [-0.15, -0.1) is 0 Å². The number of carbonyl (C=O) groups is 1. The molecule has 3 nitrogen and oxygen atoms in total. The molecule has 2 rings (SSSR count). The van der Waals surface area contributed by atoms with Gasteiger partial charge in [0.2, 0.25) is 0 Å². The molecule has 0 amide bonds. The predicted octanol–water partition coefficient (Wildman–Crippen LogP) is 3.54. The minimum absolute atomic E-state index is 0.452. The number of hydrogen-bond donors (Lipinski definition) is 1. The van der Waals surface area contributed by atoms with Gasteiger partial charge < -0.3 is 9.34 Å². The molecule has 5 heteroatoms. The highest BCUT2D eigenvalue weighted by Gasteiger charge is 2.52. The van der Waals surface area contributed by atoms with E-state index in [4.69, 9.17) is 0 Å². The highest BCUT2D eigenvalue weighted by atomic mass is 28.4. The average Bonchev–Trinajstić information content (AvgIpc) is 2.54. The van der Waals surface area contributed by atoms with Crippen molar-refractivity contribution in [1.29, 1.82) is 0 Å². The zero-order chi connectivity index (χ0) is 14.3. The molecule has 1 fully saturated rings. The summed E-state index contributed by atoms with van der Waals surface area (Å²) < 4.78 is 2.44. The van der Waals surface area contributed by atoms with E-state index in [-0.39, 0.29) is 0 Å². The summed E-state index contributed by atoms with van der Waals surface area (Å²) in [4.78, 5) is 11.9. The molecule has 19 heavy (non-hydrogen) atoms. The van der Waals surface area contributed by atoms with Gasteiger partial charge in [-0.25, -0.2) is 0 Å².